The molecule has 16 heteroatoms. The van der Waals surface area contributed by atoms with Crippen molar-refractivity contribution in [2.75, 3.05) is 20.8 Å². The van der Waals surface area contributed by atoms with Gasteiger partial charge in [0.2, 0.25) is 5.91 Å². The maximum absolute atomic E-state index is 14.3. The second kappa shape index (κ2) is 26.2. The van der Waals surface area contributed by atoms with Crippen molar-refractivity contribution in [1.82, 2.24) is 0 Å². The number of carbonyl (C=O) groups is 2. The second-order valence-electron chi connectivity index (χ2n) is 27.2. The monoisotopic (exact) mass is 1170 g/mol. The molecule has 3 aliphatic carbocycles. The lowest BCUT2D eigenvalue weighted by Gasteiger charge is -2.54. The van der Waals surface area contributed by atoms with E-state index in [0.717, 1.165) is 37.7 Å². The Hall–Kier alpha value is -3.62. The molecule has 6 heterocycles. The van der Waals surface area contributed by atoms with Crippen molar-refractivity contribution < 1.29 is 72.3 Å². The summed E-state index contributed by atoms with van der Waals surface area (Å²) in [5.41, 5.74) is 10.1. The van der Waals surface area contributed by atoms with E-state index in [0.29, 0.717) is 55.1 Å². The number of aliphatic hydroxyl groups excluding tert-OH is 2. The van der Waals surface area contributed by atoms with E-state index in [4.69, 9.17) is 53.1 Å². The van der Waals surface area contributed by atoms with Gasteiger partial charge in [-0.2, -0.15) is 0 Å². The number of carbonyl (C=O) groups excluding carboxylic acids is 2. The minimum atomic E-state index is -1.84. The standard InChI is InChI=1S/C48H72O14.C20H29NO/c1-11-25(2)43-28(5)17-18-47(62-43)23-34-20-33(61-47)16-15-27(4)42(26(3)13-12-14-32-24-55-45-40(49)29(6)19-35(46(51)58-34)48(32,45)52)59-39-22-37(54-10)44(31(8)57-39)60-38-21-36(53-9)41(50)30(7)56-38;1-13(2)14-6-8-16-15(12-14)7-9-17-19(16,3)10-5-11-20(17,4)18(21)22/h12-15,17-19,25-26,28,30-31,33-45,49-50,52H,11,16,20-24H2,1-10H3;6,8,12-13,17H,5,7,9-11H2,1-4H3,(H2,21,22). The molecule has 1 aromatic carbocycles. The average Bonchev–Trinajstić information content (AvgIpc) is 3.03. The third kappa shape index (κ3) is 12.8. The normalized spacial score (nSPS) is 43.6. The van der Waals surface area contributed by atoms with Gasteiger partial charge in [-0.05, 0) is 122 Å². The molecule has 2 bridgehead atoms. The highest BCUT2D eigenvalue weighted by molar-refractivity contribution is 5.81. The first-order chi connectivity index (χ1) is 39.8. The molecule has 4 saturated heterocycles. The number of hydrogen-bond acceptors (Lipinski definition) is 15. The van der Waals surface area contributed by atoms with Crippen molar-refractivity contribution in [3.05, 3.63) is 94.1 Å². The molecule has 23 atom stereocenters. The molecule has 6 aliphatic heterocycles. The summed E-state index contributed by atoms with van der Waals surface area (Å²) in [4.78, 5) is 26.5. The minimum absolute atomic E-state index is 0.0317. The minimum Gasteiger partial charge on any atom is -0.462 e. The topological polar surface area (TPSA) is 213 Å². The van der Waals surface area contributed by atoms with Crippen molar-refractivity contribution >= 4 is 11.9 Å². The van der Waals surface area contributed by atoms with Crippen LogP contribution in [0, 0.1) is 35.0 Å². The highest BCUT2D eigenvalue weighted by atomic mass is 16.7. The summed E-state index contributed by atoms with van der Waals surface area (Å²) in [5, 5.41) is 34.2. The quantitative estimate of drug-likeness (QED) is 0.127. The van der Waals surface area contributed by atoms with Gasteiger partial charge in [-0.3, -0.25) is 9.59 Å². The van der Waals surface area contributed by atoms with E-state index in [-0.39, 0.29) is 59.4 Å². The molecule has 23 unspecified atom stereocenters. The van der Waals surface area contributed by atoms with E-state index in [1.54, 1.807) is 40.2 Å². The van der Waals surface area contributed by atoms with E-state index in [9.17, 15) is 24.9 Å². The first kappa shape index (κ1) is 64.8. The molecule has 0 aromatic heterocycles. The van der Waals surface area contributed by atoms with Gasteiger partial charge in [-0.15, -0.1) is 0 Å². The van der Waals surface area contributed by atoms with Crippen molar-refractivity contribution in [1.29, 1.82) is 0 Å². The van der Waals surface area contributed by atoms with E-state index < -0.39 is 90.8 Å². The number of ether oxygens (including phenoxy) is 10. The molecule has 468 valence electrons. The molecule has 16 nitrogen and oxygen atoms in total. The smallest absolute Gasteiger partial charge is 0.316 e. The molecule has 5 N–H and O–H groups in total. The number of benzene rings is 1. The number of aryl methyl sites for hydroxylation is 1. The molecule has 10 rings (SSSR count). The molecule has 5 fully saturated rings. The maximum atomic E-state index is 14.3. The fourth-order valence-corrected chi connectivity index (χ4v) is 15.7. The van der Waals surface area contributed by atoms with Crippen LogP contribution in [0.5, 0.6) is 0 Å². The molecular formula is C68H101NO15. The first-order valence-corrected chi connectivity index (χ1v) is 31.6. The summed E-state index contributed by atoms with van der Waals surface area (Å²) < 4.78 is 63.7. The molecule has 1 amide bonds. The highest BCUT2D eigenvalue weighted by Gasteiger charge is 2.60. The zero-order valence-corrected chi connectivity index (χ0v) is 52.6. The Morgan fingerprint density at radius 2 is 1.60 bits per heavy atom. The number of aliphatic hydroxyl groups is 3. The van der Waals surface area contributed by atoms with Gasteiger partial charge in [0.25, 0.3) is 0 Å². The lowest BCUT2D eigenvalue weighted by molar-refractivity contribution is -0.318. The van der Waals surface area contributed by atoms with Crippen LogP contribution < -0.4 is 5.73 Å². The van der Waals surface area contributed by atoms with Gasteiger partial charge in [-0.1, -0.05) is 123 Å². The van der Waals surface area contributed by atoms with Crippen LogP contribution in [0.15, 0.2) is 77.5 Å². The number of methoxy groups -OCH3 is 2. The molecule has 9 aliphatic rings. The Morgan fingerprint density at radius 3 is 2.30 bits per heavy atom. The predicted octanol–water partition coefficient (Wildman–Crippen LogP) is 9.68. The van der Waals surface area contributed by atoms with Gasteiger partial charge in [-0.25, -0.2) is 0 Å². The van der Waals surface area contributed by atoms with E-state index >= 15 is 0 Å². The fourth-order valence-electron chi connectivity index (χ4n) is 15.7. The van der Waals surface area contributed by atoms with Crippen LogP contribution in [-0.4, -0.2) is 145 Å². The first-order valence-electron chi connectivity index (χ1n) is 31.6. The number of hydrogen-bond donors (Lipinski definition) is 4. The van der Waals surface area contributed by atoms with Crippen LogP contribution in [0.3, 0.4) is 0 Å². The summed E-state index contributed by atoms with van der Waals surface area (Å²) >= 11 is 0. The Kier molecular flexibility index (Phi) is 20.2. The van der Waals surface area contributed by atoms with Crippen LogP contribution in [0.25, 0.3) is 0 Å². The number of fused-ring (bicyclic) bond motifs is 5. The van der Waals surface area contributed by atoms with Crippen LogP contribution in [0.1, 0.15) is 170 Å². The third-order valence-corrected chi connectivity index (χ3v) is 21.1. The second-order valence-corrected chi connectivity index (χ2v) is 27.2. The van der Waals surface area contributed by atoms with Gasteiger partial charge in [0.15, 0.2) is 18.4 Å². The maximum Gasteiger partial charge on any atom is 0.316 e. The van der Waals surface area contributed by atoms with Crippen molar-refractivity contribution in [3.8, 4) is 0 Å². The van der Waals surface area contributed by atoms with Crippen LogP contribution >= 0.6 is 0 Å². The number of nitrogens with two attached hydrogens (primary N) is 1. The average molecular weight is 1170 g/mol. The molecule has 1 saturated carbocycles. The number of esters is 1. The SMILES string of the molecule is CC(C)c1ccc2c(c1)CCC1C(C)(C(N)=O)CCCC21C.CCC(C)C1OC2(C=CC1C)CC1CC(CC=C(C)C(OC3CC(OC)C(OC4CC(OC)C(O)C(C)O4)C(C)O3)C(C)C=CC=C3COC4C(O)C(C)=CC(C(=O)O1)C34O)O2. The van der Waals surface area contributed by atoms with Crippen LogP contribution in [0.4, 0.5) is 0 Å². The number of allylic oxidation sites excluding steroid dienone is 2. The van der Waals surface area contributed by atoms with Crippen molar-refractivity contribution in [3.63, 3.8) is 0 Å². The Morgan fingerprint density at radius 1 is 0.881 bits per heavy atom. The zero-order chi connectivity index (χ0) is 60.8. The predicted molar refractivity (Wildman–Crippen MR) is 318 cm³/mol. The number of amides is 1. The molecular weight excluding hydrogens is 1070 g/mol. The van der Waals surface area contributed by atoms with Gasteiger partial charge in [0, 0.05) is 57.2 Å². The number of primary amides is 1. The molecule has 1 spiro atoms. The summed E-state index contributed by atoms with van der Waals surface area (Å²) in [6.45, 7) is 25.1. The van der Waals surface area contributed by atoms with Gasteiger partial charge in [0.05, 0.1) is 49.3 Å². The third-order valence-electron chi connectivity index (χ3n) is 21.1. The summed E-state index contributed by atoms with van der Waals surface area (Å²) in [7, 11) is 3.22. The Bertz CT molecular complexity index is 2650. The van der Waals surface area contributed by atoms with Crippen molar-refractivity contribution in [2.45, 2.75) is 262 Å². The largest absolute Gasteiger partial charge is 0.462 e. The lowest BCUT2D eigenvalue weighted by atomic mass is 9.49. The zero-order valence-electron chi connectivity index (χ0n) is 52.6. The van der Waals surface area contributed by atoms with E-state index in [1.807, 2.05) is 32.1 Å². The fraction of sp³-hybridized carbons (Fsp3) is 0.735. The van der Waals surface area contributed by atoms with Crippen molar-refractivity contribution in [2.24, 2.45) is 40.7 Å². The lowest BCUT2D eigenvalue weighted by Crippen LogP contribution is -2.58. The molecule has 0 radical (unpaired) electrons. The summed E-state index contributed by atoms with van der Waals surface area (Å²) in [6, 6.07) is 7.02. The van der Waals surface area contributed by atoms with Gasteiger partial charge < -0.3 is 68.4 Å². The molecule has 84 heavy (non-hydrogen) atoms. The van der Waals surface area contributed by atoms with Crippen LogP contribution in [0.2, 0.25) is 0 Å². The van der Waals surface area contributed by atoms with E-state index in [1.165, 1.54) is 23.1 Å². The van der Waals surface area contributed by atoms with E-state index in [2.05, 4.69) is 85.7 Å². The highest BCUT2D eigenvalue weighted by Crippen LogP contribution is 2.57. The van der Waals surface area contributed by atoms with Gasteiger partial charge in [0.1, 0.15) is 42.0 Å². The Labute approximate surface area is 500 Å². The Balaban J connectivity index is 0.000000320. The summed E-state index contributed by atoms with van der Waals surface area (Å²) in [6.07, 6.45) is 13.9. The number of rotatable bonds is 10. The summed E-state index contributed by atoms with van der Waals surface area (Å²) in [5.74, 6) is -1.72. The molecule has 1 aromatic rings. The van der Waals surface area contributed by atoms with Crippen LogP contribution in [-0.2, 0) is 68.8 Å². The van der Waals surface area contributed by atoms with Gasteiger partial charge >= 0.3 is 5.97 Å².